The van der Waals surface area contributed by atoms with Crippen LogP contribution in [-0.2, 0) is 9.84 Å². The minimum Gasteiger partial charge on any atom is -0.371 e. The van der Waals surface area contributed by atoms with Gasteiger partial charge in [0.05, 0.1) is 10.6 Å². The summed E-state index contributed by atoms with van der Waals surface area (Å²) in [6.07, 6.45) is 2.61. The molecule has 0 bridgehead atoms. The highest BCUT2D eigenvalue weighted by atomic mass is 35.5. The van der Waals surface area contributed by atoms with E-state index in [0.717, 1.165) is 31.6 Å². The molecule has 0 radical (unpaired) electrons. The lowest BCUT2D eigenvalue weighted by Crippen LogP contribution is -2.33. The van der Waals surface area contributed by atoms with Crippen molar-refractivity contribution in [1.29, 1.82) is 0 Å². The number of alkyl halides is 1. The van der Waals surface area contributed by atoms with Crippen LogP contribution in [0.25, 0.3) is 0 Å². The maximum atomic E-state index is 11.9. The monoisotopic (exact) mass is 301 g/mol. The first-order valence-electron chi connectivity index (χ1n) is 6.75. The van der Waals surface area contributed by atoms with Gasteiger partial charge in [0, 0.05) is 24.2 Å². The number of anilines is 1. The van der Waals surface area contributed by atoms with E-state index in [2.05, 4.69) is 4.90 Å². The van der Waals surface area contributed by atoms with Crippen LogP contribution >= 0.6 is 11.6 Å². The Labute approximate surface area is 120 Å². The first kappa shape index (κ1) is 14.7. The number of benzene rings is 1. The molecule has 0 amide bonds. The van der Waals surface area contributed by atoms with Gasteiger partial charge in [-0.1, -0.05) is 6.92 Å². The van der Waals surface area contributed by atoms with Gasteiger partial charge in [-0.15, -0.1) is 11.6 Å². The van der Waals surface area contributed by atoms with Gasteiger partial charge < -0.3 is 4.90 Å². The Morgan fingerprint density at radius 1 is 1.21 bits per heavy atom. The van der Waals surface area contributed by atoms with Crippen molar-refractivity contribution in [2.75, 3.05) is 23.7 Å². The first-order chi connectivity index (χ1) is 9.03. The van der Waals surface area contributed by atoms with Crippen molar-refractivity contribution in [2.45, 2.75) is 36.5 Å². The average Bonchev–Trinajstić information content (AvgIpc) is 2.40. The standard InChI is InChI=1S/C14H20ClNO2S/c1-2-11-19(17,18)14-5-3-13(4-6-14)16-9-7-12(15)8-10-16/h3-6,12H,2,7-11H2,1H3. The molecular weight excluding hydrogens is 282 g/mol. The van der Waals surface area contributed by atoms with Crippen LogP contribution in [0.15, 0.2) is 29.2 Å². The van der Waals surface area contributed by atoms with Crippen molar-refractivity contribution in [3.05, 3.63) is 24.3 Å². The second-order valence-electron chi connectivity index (χ2n) is 4.97. The third kappa shape index (κ3) is 3.63. The number of rotatable bonds is 4. The van der Waals surface area contributed by atoms with Crippen molar-refractivity contribution in [3.8, 4) is 0 Å². The predicted molar refractivity (Wildman–Crippen MR) is 79.9 cm³/mol. The molecule has 1 fully saturated rings. The topological polar surface area (TPSA) is 37.4 Å². The van der Waals surface area contributed by atoms with Crippen LogP contribution < -0.4 is 4.90 Å². The lowest BCUT2D eigenvalue weighted by Gasteiger charge is -2.31. The summed E-state index contributed by atoms with van der Waals surface area (Å²) in [6.45, 7) is 3.76. The van der Waals surface area contributed by atoms with E-state index in [9.17, 15) is 8.42 Å². The molecule has 0 spiro atoms. The molecular formula is C14H20ClNO2S. The van der Waals surface area contributed by atoms with E-state index in [0.29, 0.717) is 11.3 Å². The van der Waals surface area contributed by atoms with Gasteiger partial charge in [-0.05, 0) is 43.5 Å². The fraction of sp³-hybridized carbons (Fsp3) is 0.571. The molecule has 1 aromatic carbocycles. The Morgan fingerprint density at radius 3 is 2.32 bits per heavy atom. The summed E-state index contributed by atoms with van der Waals surface area (Å²) in [5, 5.41) is 0.278. The fourth-order valence-corrected chi connectivity index (χ4v) is 3.88. The summed E-state index contributed by atoms with van der Waals surface area (Å²) < 4.78 is 23.9. The molecule has 0 N–H and O–H groups in total. The van der Waals surface area contributed by atoms with Gasteiger partial charge in [0.15, 0.2) is 9.84 Å². The Kier molecular flexibility index (Phi) is 4.74. The van der Waals surface area contributed by atoms with E-state index in [-0.39, 0.29) is 11.1 Å². The van der Waals surface area contributed by atoms with Crippen LogP contribution in [0.2, 0.25) is 0 Å². The third-order valence-electron chi connectivity index (χ3n) is 3.46. The van der Waals surface area contributed by atoms with E-state index < -0.39 is 9.84 Å². The Hall–Kier alpha value is -0.740. The molecule has 3 nitrogen and oxygen atoms in total. The minimum atomic E-state index is -3.11. The molecule has 1 aliphatic heterocycles. The van der Waals surface area contributed by atoms with Crippen LogP contribution in [0.4, 0.5) is 5.69 Å². The molecule has 19 heavy (non-hydrogen) atoms. The summed E-state index contributed by atoms with van der Waals surface area (Å²) in [6, 6.07) is 7.23. The normalized spacial score (nSPS) is 17.7. The highest BCUT2D eigenvalue weighted by molar-refractivity contribution is 7.91. The smallest absolute Gasteiger partial charge is 0.178 e. The zero-order chi connectivity index (χ0) is 13.9. The lowest BCUT2D eigenvalue weighted by molar-refractivity contribution is 0.584. The van der Waals surface area contributed by atoms with Crippen molar-refractivity contribution < 1.29 is 8.42 Å². The predicted octanol–water partition coefficient (Wildman–Crippen LogP) is 3.08. The van der Waals surface area contributed by atoms with E-state index in [1.54, 1.807) is 12.1 Å². The van der Waals surface area contributed by atoms with Crippen molar-refractivity contribution in [1.82, 2.24) is 0 Å². The van der Waals surface area contributed by atoms with Crippen LogP contribution in [-0.4, -0.2) is 32.6 Å². The Morgan fingerprint density at radius 2 is 1.79 bits per heavy atom. The zero-order valence-electron chi connectivity index (χ0n) is 11.2. The highest BCUT2D eigenvalue weighted by Crippen LogP contribution is 2.24. The highest BCUT2D eigenvalue weighted by Gasteiger charge is 2.18. The van der Waals surface area contributed by atoms with E-state index in [1.165, 1.54) is 0 Å². The quantitative estimate of drug-likeness (QED) is 0.802. The molecule has 0 aromatic heterocycles. The van der Waals surface area contributed by atoms with Crippen LogP contribution in [0.3, 0.4) is 0 Å². The van der Waals surface area contributed by atoms with Gasteiger partial charge >= 0.3 is 0 Å². The van der Waals surface area contributed by atoms with E-state index in [4.69, 9.17) is 11.6 Å². The van der Waals surface area contributed by atoms with Crippen LogP contribution in [0.5, 0.6) is 0 Å². The number of nitrogens with zero attached hydrogens (tertiary/aromatic N) is 1. The van der Waals surface area contributed by atoms with Gasteiger partial charge in [0.25, 0.3) is 0 Å². The molecule has 0 unspecified atom stereocenters. The molecule has 0 saturated carbocycles. The number of sulfone groups is 1. The van der Waals surface area contributed by atoms with Gasteiger partial charge in [0.2, 0.25) is 0 Å². The van der Waals surface area contributed by atoms with Crippen molar-refractivity contribution >= 4 is 27.1 Å². The SMILES string of the molecule is CCCS(=O)(=O)c1ccc(N2CCC(Cl)CC2)cc1. The number of hydrogen-bond donors (Lipinski definition) is 0. The molecule has 106 valence electrons. The average molecular weight is 302 g/mol. The summed E-state index contributed by atoms with van der Waals surface area (Å²) in [5.41, 5.74) is 1.08. The molecule has 1 aromatic rings. The van der Waals surface area contributed by atoms with Gasteiger partial charge in [-0.3, -0.25) is 0 Å². The van der Waals surface area contributed by atoms with Crippen LogP contribution in [0.1, 0.15) is 26.2 Å². The molecule has 5 heteroatoms. The molecule has 1 aliphatic rings. The molecule has 0 aliphatic carbocycles. The minimum absolute atomic E-state index is 0.212. The maximum Gasteiger partial charge on any atom is 0.178 e. The lowest BCUT2D eigenvalue weighted by atomic mass is 10.1. The van der Waals surface area contributed by atoms with Gasteiger partial charge in [0.1, 0.15) is 0 Å². The Bertz CT molecular complexity index is 505. The summed E-state index contributed by atoms with van der Waals surface area (Å²) in [4.78, 5) is 2.68. The van der Waals surface area contributed by atoms with E-state index in [1.807, 2.05) is 19.1 Å². The van der Waals surface area contributed by atoms with Gasteiger partial charge in [-0.2, -0.15) is 0 Å². The van der Waals surface area contributed by atoms with Crippen molar-refractivity contribution in [2.24, 2.45) is 0 Å². The second-order valence-corrected chi connectivity index (χ2v) is 7.70. The van der Waals surface area contributed by atoms with Crippen LogP contribution in [0, 0.1) is 0 Å². The summed E-state index contributed by atoms with van der Waals surface area (Å²) in [7, 11) is -3.11. The summed E-state index contributed by atoms with van der Waals surface area (Å²) in [5.74, 6) is 0.212. The van der Waals surface area contributed by atoms with E-state index >= 15 is 0 Å². The van der Waals surface area contributed by atoms with Crippen molar-refractivity contribution in [3.63, 3.8) is 0 Å². The molecule has 1 heterocycles. The number of hydrogen-bond acceptors (Lipinski definition) is 3. The second kappa shape index (κ2) is 6.14. The third-order valence-corrected chi connectivity index (χ3v) is 5.83. The largest absolute Gasteiger partial charge is 0.371 e. The van der Waals surface area contributed by atoms with Gasteiger partial charge in [-0.25, -0.2) is 8.42 Å². The summed E-state index contributed by atoms with van der Waals surface area (Å²) >= 11 is 6.08. The molecule has 0 atom stereocenters. The molecule has 1 saturated heterocycles. The maximum absolute atomic E-state index is 11.9. The zero-order valence-corrected chi connectivity index (χ0v) is 12.8. The number of piperidine rings is 1. The number of halogens is 1. The Balaban J connectivity index is 2.10. The molecule has 2 rings (SSSR count). The fourth-order valence-electron chi connectivity index (χ4n) is 2.36. The first-order valence-corrected chi connectivity index (χ1v) is 8.83.